The number of nitrogens with zero attached hydrogens (tertiary/aromatic N) is 2. The van der Waals surface area contributed by atoms with Crippen molar-refractivity contribution in [3.05, 3.63) is 53.4 Å². The second-order valence-corrected chi connectivity index (χ2v) is 9.64. The summed E-state index contributed by atoms with van der Waals surface area (Å²) >= 11 is 1.27. The number of amides is 1. The van der Waals surface area contributed by atoms with Crippen LogP contribution in [0.1, 0.15) is 31.1 Å². The molecule has 33 heavy (non-hydrogen) atoms. The number of carbonyl (C=O) groups excluding carboxylic acids is 1. The molecule has 2 aromatic carbocycles. The predicted octanol–water partition coefficient (Wildman–Crippen LogP) is 4.50. The SMILES string of the molecule is CCOc1ccccc1-c1csc(NC(=O)c2ccc(OC)c(S(=O)(=O)N(CC)CC)c2)n1. The Morgan fingerprint density at radius 3 is 2.48 bits per heavy atom. The van der Waals surface area contributed by atoms with Gasteiger partial charge in [0.05, 0.1) is 19.4 Å². The van der Waals surface area contributed by atoms with Crippen LogP contribution in [-0.2, 0) is 10.0 Å². The molecule has 0 aliphatic heterocycles. The minimum Gasteiger partial charge on any atom is -0.495 e. The summed E-state index contributed by atoms with van der Waals surface area (Å²) in [5, 5.41) is 4.98. The molecule has 1 amide bonds. The molecule has 0 aliphatic carbocycles. The van der Waals surface area contributed by atoms with Gasteiger partial charge in [-0.2, -0.15) is 4.31 Å². The first-order valence-electron chi connectivity index (χ1n) is 10.5. The van der Waals surface area contributed by atoms with Crippen molar-refractivity contribution in [2.24, 2.45) is 0 Å². The van der Waals surface area contributed by atoms with Gasteiger partial charge in [0, 0.05) is 29.6 Å². The first kappa shape index (κ1) is 24.7. The lowest BCUT2D eigenvalue weighted by molar-refractivity contribution is 0.102. The number of nitrogens with one attached hydrogen (secondary N) is 1. The monoisotopic (exact) mass is 489 g/mol. The zero-order chi connectivity index (χ0) is 24.0. The van der Waals surface area contributed by atoms with E-state index in [1.165, 1.54) is 41.0 Å². The third kappa shape index (κ3) is 5.35. The third-order valence-electron chi connectivity index (χ3n) is 4.94. The number of hydrogen-bond acceptors (Lipinski definition) is 7. The van der Waals surface area contributed by atoms with Crippen molar-refractivity contribution < 1.29 is 22.7 Å². The normalized spacial score (nSPS) is 11.4. The van der Waals surface area contributed by atoms with Gasteiger partial charge in [-0.1, -0.05) is 26.0 Å². The smallest absolute Gasteiger partial charge is 0.257 e. The molecule has 0 spiro atoms. The molecule has 0 unspecified atom stereocenters. The van der Waals surface area contributed by atoms with Crippen molar-refractivity contribution >= 4 is 32.4 Å². The van der Waals surface area contributed by atoms with Gasteiger partial charge in [0.15, 0.2) is 5.13 Å². The van der Waals surface area contributed by atoms with Gasteiger partial charge in [-0.15, -0.1) is 11.3 Å². The highest BCUT2D eigenvalue weighted by Crippen LogP contribution is 2.33. The summed E-state index contributed by atoms with van der Waals surface area (Å²) in [6.45, 7) is 6.57. The largest absolute Gasteiger partial charge is 0.495 e. The summed E-state index contributed by atoms with van der Waals surface area (Å²) in [6.07, 6.45) is 0. The van der Waals surface area contributed by atoms with Gasteiger partial charge in [0.2, 0.25) is 10.0 Å². The average Bonchev–Trinajstić information content (AvgIpc) is 3.28. The quantitative estimate of drug-likeness (QED) is 0.450. The molecule has 3 rings (SSSR count). The maximum atomic E-state index is 13.0. The molecular weight excluding hydrogens is 462 g/mol. The van der Waals surface area contributed by atoms with Crippen LogP contribution >= 0.6 is 11.3 Å². The first-order chi connectivity index (χ1) is 15.8. The fraction of sp³-hybridized carbons (Fsp3) is 0.304. The number of ether oxygens (including phenoxy) is 2. The highest BCUT2D eigenvalue weighted by atomic mass is 32.2. The summed E-state index contributed by atoms with van der Waals surface area (Å²) in [5.41, 5.74) is 1.69. The average molecular weight is 490 g/mol. The zero-order valence-corrected chi connectivity index (χ0v) is 20.6. The number of benzene rings is 2. The van der Waals surface area contributed by atoms with E-state index in [0.717, 1.165) is 5.56 Å². The van der Waals surface area contributed by atoms with Crippen LogP contribution in [0.3, 0.4) is 0 Å². The molecule has 0 saturated carbocycles. The minimum atomic E-state index is -3.81. The van der Waals surface area contributed by atoms with Crippen molar-refractivity contribution in [1.82, 2.24) is 9.29 Å². The Morgan fingerprint density at radius 2 is 1.82 bits per heavy atom. The maximum Gasteiger partial charge on any atom is 0.257 e. The molecular formula is C23H27N3O5S2. The van der Waals surface area contributed by atoms with E-state index in [-0.39, 0.29) is 16.2 Å². The number of carbonyl (C=O) groups is 1. The minimum absolute atomic E-state index is 0.0492. The molecule has 0 saturated heterocycles. The molecule has 1 N–H and O–H groups in total. The van der Waals surface area contributed by atoms with Crippen molar-refractivity contribution in [2.75, 3.05) is 32.1 Å². The van der Waals surface area contributed by atoms with Crippen molar-refractivity contribution in [2.45, 2.75) is 25.7 Å². The lowest BCUT2D eigenvalue weighted by Crippen LogP contribution is -2.31. The third-order valence-corrected chi connectivity index (χ3v) is 7.77. The van der Waals surface area contributed by atoms with Crippen LogP contribution in [0.2, 0.25) is 0 Å². The topological polar surface area (TPSA) is 97.8 Å². The molecule has 0 bridgehead atoms. The van der Waals surface area contributed by atoms with E-state index in [4.69, 9.17) is 9.47 Å². The number of sulfonamides is 1. The lowest BCUT2D eigenvalue weighted by Gasteiger charge is -2.20. The number of methoxy groups -OCH3 is 1. The Balaban J connectivity index is 1.88. The van der Waals surface area contributed by atoms with E-state index < -0.39 is 15.9 Å². The highest BCUT2D eigenvalue weighted by molar-refractivity contribution is 7.89. The van der Waals surface area contributed by atoms with Gasteiger partial charge in [0.1, 0.15) is 16.4 Å². The van der Waals surface area contributed by atoms with Crippen LogP contribution in [0.4, 0.5) is 5.13 Å². The highest BCUT2D eigenvalue weighted by Gasteiger charge is 2.27. The standard InChI is InChI=1S/C23H27N3O5S2/c1-5-26(6-2)33(28,29)21-14-16(12-13-20(21)30-4)22(27)25-23-24-18(15-32-23)17-10-8-9-11-19(17)31-7-3/h8-15H,5-7H2,1-4H3,(H,24,25,27). The lowest BCUT2D eigenvalue weighted by atomic mass is 10.1. The van der Waals surface area contributed by atoms with Crippen LogP contribution in [0.25, 0.3) is 11.3 Å². The maximum absolute atomic E-state index is 13.0. The molecule has 3 aromatic rings. The van der Waals surface area contributed by atoms with E-state index in [9.17, 15) is 13.2 Å². The Kier molecular flexibility index (Phi) is 8.06. The number of anilines is 1. The molecule has 0 radical (unpaired) electrons. The van der Waals surface area contributed by atoms with Crippen LogP contribution in [0.15, 0.2) is 52.7 Å². The second kappa shape index (κ2) is 10.8. The number of aromatic nitrogens is 1. The van der Waals surface area contributed by atoms with E-state index in [1.54, 1.807) is 13.8 Å². The summed E-state index contributed by atoms with van der Waals surface area (Å²) in [4.78, 5) is 17.4. The number of rotatable bonds is 10. The van der Waals surface area contributed by atoms with E-state index >= 15 is 0 Å². The summed E-state index contributed by atoms with van der Waals surface area (Å²) in [7, 11) is -2.42. The van der Waals surface area contributed by atoms with Gasteiger partial charge in [-0.3, -0.25) is 10.1 Å². The van der Waals surface area contributed by atoms with E-state index in [2.05, 4.69) is 10.3 Å². The Hall–Kier alpha value is -2.95. The molecule has 0 fully saturated rings. The zero-order valence-electron chi connectivity index (χ0n) is 19.0. The van der Waals surface area contributed by atoms with Crippen molar-refractivity contribution in [3.63, 3.8) is 0 Å². The predicted molar refractivity (Wildman–Crippen MR) is 130 cm³/mol. The molecule has 0 atom stereocenters. The molecule has 1 heterocycles. The molecule has 176 valence electrons. The van der Waals surface area contributed by atoms with Gasteiger partial charge in [-0.05, 0) is 37.3 Å². The van der Waals surface area contributed by atoms with Crippen LogP contribution in [-0.4, -0.2) is 50.4 Å². The van der Waals surface area contributed by atoms with Gasteiger partial charge < -0.3 is 9.47 Å². The van der Waals surface area contributed by atoms with Crippen LogP contribution in [0, 0.1) is 0 Å². The molecule has 1 aromatic heterocycles. The fourth-order valence-corrected chi connectivity index (χ4v) is 5.65. The Morgan fingerprint density at radius 1 is 1.09 bits per heavy atom. The van der Waals surface area contributed by atoms with Crippen molar-refractivity contribution in [1.29, 1.82) is 0 Å². The number of thiazole rings is 1. The first-order valence-corrected chi connectivity index (χ1v) is 12.8. The van der Waals surface area contributed by atoms with Gasteiger partial charge in [-0.25, -0.2) is 13.4 Å². The van der Waals surface area contributed by atoms with Crippen LogP contribution < -0.4 is 14.8 Å². The van der Waals surface area contributed by atoms with Gasteiger partial charge >= 0.3 is 0 Å². The molecule has 8 nitrogen and oxygen atoms in total. The Bertz CT molecular complexity index is 1220. The van der Waals surface area contributed by atoms with E-state index in [0.29, 0.717) is 36.3 Å². The number of para-hydroxylation sites is 1. The van der Waals surface area contributed by atoms with Crippen LogP contribution in [0.5, 0.6) is 11.5 Å². The van der Waals surface area contributed by atoms with Gasteiger partial charge in [0.25, 0.3) is 5.91 Å². The summed E-state index contributed by atoms with van der Waals surface area (Å²) < 4.78 is 38.3. The van der Waals surface area contributed by atoms with E-state index in [1.807, 2.05) is 36.6 Å². The molecule has 10 heteroatoms. The Labute approximate surface area is 198 Å². The van der Waals surface area contributed by atoms with Crippen molar-refractivity contribution in [3.8, 4) is 22.8 Å². The summed E-state index contributed by atoms with van der Waals surface area (Å²) in [5.74, 6) is 0.430. The molecule has 0 aliphatic rings. The second-order valence-electron chi connectivity index (χ2n) is 6.88. The number of hydrogen-bond donors (Lipinski definition) is 1. The fourth-order valence-electron chi connectivity index (χ4n) is 3.31. The summed E-state index contributed by atoms with van der Waals surface area (Å²) in [6, 6.07) is 11.9.